The summed E-state index contributed by atoms with van der Waals surface area (Å²) in [6, 6.07) is 0. The van der Waals surface area contributed by atoms with E-state index in [4.69, 9.17) is 10.8 Å². The molecule has 3 atom stereocenters. The van der Waals surface area contributed by atoms with Crippen LogP contribution in [0.1, 0.15) is 40.0 Å². The quantitative estimate of drug-likeness (QED) is 0.523. The molecule has 0 bridgehead atoms. The second-order valence-corrected chi connectivity index (χ2v) is 11.9. The summed E-state index contributed by atoms with van der Waals surface area (Å²) in [5.41, 5.74) is 0.243. The fraction of sp³-hybridized carbons (Fsp3) is 0.857. The van der Waals surface area contributed by atoms with Gasteiger partial charge in [0.25, 0.3) is 0 Å². The molecule has 0 unspecified atom stereocenters. The Kier molecular flexibility index (Phi) is 2.57. The molecule has 16 heavy (non-hydrogen) atoms. The first-order chi connectivity index (χ1) is 7.20. The second kappa shape index (κ2) is 3.37. The molecule has 0 spiro atoms. The van der Waals surface area contributed by atoms with Crippen LogP contribution in [0, 0.1) is 23.7 Å². The zero-order chi connectivity index (χ0) is 12.2. The molecular formula is C14H24OSi. The molecule has 2 heteroatoms. The number of hydrogen-bond acceptors (Lipinski definition) is 1. The zero-order valence-corrected chi connectivity index (χ0v) is 12.3. The first-order valence-corrected chi connectivity index (χ1v) is 9.27. The van der Waals surface area contributed by atoms with Gasteiger partial charge >= 0.3 is 0 Å². The van der Waals surface area contributed by atoms with Gasteiger partial charge in [-0.25, -0.2) is 0 Å². The minimum Gasteiger partial charge on any atom is -0.414 e. The molecular weight excluding hydrogens is 212 g/mol. The SMILES string of the molecule is C#C[C@@]12C[C@@H](O[Si](C)(C)C(C)(C)C)C[C@H]1C2. The predicted molar refractivity (Wildman–Crippen MR) is 70.7 cm³/mol. The van der Waals surface area contributed by atoms with Gasteiger partial charge in [0.1, 0.15) is 0 Å². The molecule has 2 fully saturated rings. The van der Waals surface area contributed by atoms with Crippen molar-refractivity contribution in [2.24, 2.45) is 11.3 Å². The van der Waals surface area contributed by atoms with Crippen LogP contribution in [0.5, 0.6) is 0 Å². The minimum atomic E-state index is -1.59. The summed E-state index contributed by atoms with van der Waals surface area (Å²) in [5, 5.41) is 0.309. The number of fused-ring (bicyclic) bond motifs is 1. The van der Waals surface area contributed by atoms with Gasteiger partial charge in [0.15, 0.2) is 8.32 Å². The smallest absolute Gasteiger partial charge is 0.192 e. The summed E-state index contributed by atoms with van der Waals surface area (Å²) in [4.78, 5) is 0. The summed E-state index contributed by atoms with van der Waals surface area (Å²) in [5.74, 6) is 3.77. The molecule has 0 amide bonds. The molecule has 0 aromatic carbocycles. The lowest BCUT2D eigenvalue weighted by Gasteiger charge is -2.39. The Morgan fingerprint density at radius 1 is 1.31 bits per heavy atom. The van der Waals surface area contributed by atoms with E-state index >= 15 is 0 Å². The van der Waals surface area contributed by atoms with Crippen LogP contribution in [0.25, 0.3) is 0 Å². The average Bonchev–Trinajstić information content (AvgIpc) is 2.67. The van der Waals surface area contributed by atoms with Crippen LogP contribution in [0.4, 0.5) is 0 Å². The van der Waals surface area contributed by atoms with Crippen LogP contribution in [-0.4, -0.2) is 14.4 Å². The lowest BCUT2D eigenvalue weighted by molar-refractivity contribution is 0.170. The van der Waals surface area contributed by atoms with Gasteiger partial charge in [-0.2, -0.15) is 0 Å². The zero-order valence-electron chi connectivity index (χ0n) is 11.3. The van der Waals surface area contributed by atoms with E-state index in [1.807, 2.05) is 0 Å². The van der Waals surface area contributed by atoms with Crippen LogP contribution < -0.4 is 0 Å². The highest BCUT2D eigenvalue weighted by molar-refractivity contribution is 6.74. The lowest BCUT2D eigenvalue weighted by Crippen LogP contribution is -2.43. The molecule has 1 nitrogen and oxygen atoms in total. The average molecular weight is 236 g/mol. The van der Waals surface area contributed by atoms with Crippen molar-refractivity contribution in [3.05, 3.63) is 0 Å². The molecule has 90 valence electrons. The van der Waals surface area contributed by atoms with E-state index in [0.29, 0.717) is 11.1 Å². The Balaban J connectivity index is 1.97. The summed E-state index contributed by atoms with van der Waals surface area (Å²) in [6.45, 7) is 11.6. The van der Waals surface area contributed by atoms with E-state index in [1.54, 1.807) is 0 Å². The molecule has 0 N–H and O–H groups in total. The van der Waals surface area contributed by atoms with E-state index in [0.717, 1.165) is 12.3 Å². The molecule has 0 aromatic heterocycles. The highest BCUT2D eigenvalue weighted by Gasteiger charge is 2.60. The van der Waals surface area contributed by atoms with Gasteiger partial charge in [-0.05, 0) is 43.3 Å². The van der Waals surface area contributed by atoms with Crippen LogP contribution in [0.3, 0.4) is 0 Å². The molecule has 2 aliphatic rings. The Hall–Kier alpha value is -0.263. The van der Waals surface area contributed by atoms with Gasteiger partial charge in [-0.3, -0.25) is 0 Å². The van der Waals surface area contributed by atoms with Gasteiger partial charge in [0, 0.05) is 11.5 Å². The summed E-state index contributed by atoms with van der Waals surface area (Å²) in [7, 11) is -1.59. The predicted octanol–water partition coefficient (Wildman–Crippen LogP) is 3.81. The molecule has 0 aromatic rings. The summed E-state index contributed by atoms with van der Waals surface area (Å²) < 4.78 is 6.43. The molecule has 0 aliphatic heterocycles. The van der Waals surface area contributed by atoms with Crippen molar-refractivity contribution in [2.75, 3.05) is 0 Å². The maximum atomic E-state index is 6.43. The van der Waals surface area contributed by atoms with Crippen molar-refractivity contribution in [3.63, 3.8) is 0 Å². The van der Waals surface area contributed by atoms with Gasteiger partial charge in [-0.15, -0.1) is 6.42 Å². The van der Waals surface area contributed by atoms with Crippen LogP contribution >= 0.6 is 0 Å². The van der Waals surface area contributed by atoms with Crippen molar-refractivity contribution in [1.82, 2.24) is 0 Å². The third-order valence-electron chi connectivity index (χ3n) is 4.93. The maximum Gasteiger partial charge on any atom is 0.192 e. The highest BCUT2D eigenvalue weighted by Crippen LogP contribution is 2.64. The third-order valence-corrected chi connectivity index (χ3v) is 9.46. The van der Waals surface area contributed by atoms with Crippen LogP contribution in [-0.2, 0) is 4.43 Å². The van der Waals surface area contributed by atoms with Crippen molar-refractivity contribution in [3.8, 4) is 12.3 Å². The van der Waals surface area contributed by atoms with Crippen molar-refractivity contribution < 1.29 is 4.43 Å². The van der Waals surface area contributed by atoms with Gasteiger partial charge in [0.2, 0.25) is 0 Å². The second-order valence-electron chi connectivity index (χ2n) is 7.14. The highest BCUT2D eigenvalue weighted by atomic mass is 28.4. The van der Waals surface area contributed by atoms with E-state index in [-0.39, 0.29) is 5.41 Å². The molecule has 2 aliphatic carbocycles. The van der Waals surface area contributed by atoms with Crippen molar-refractivity contribution >= 4 is 8.32 Å². The third kappa shape index (κ3) is 1.85. The van der Waals surface area contributed by atoms with Crippen LogP contribution in [0.15, 0.2) is 0 Å². The van der Waals surface area contributed by atoms with Crippen molar-refractivity contribution in [1.29, 1.82) is 0 Å². The maximum absolute atomic E-state index is 6.43. The van der Waals surface area contributed by atoms with E-state index in [2.05, 4.69) is 39.8 Å². The molecule has 2 saturated carbocycles. The molecule has 0 saturated heterocycles. The largest absolute Gasteiger partial charge is 0.414 e. The summed E-state index contributed by atoms with van der Waals surface area (Å²) in [6.07, 6.45) is 9.64. The molecule has 0 radical (unpaired) electrons. The Morgan fingerprint density at radius 2 is 1.94 bits per heavy atom. The van der Waals surface area contributed by atoms with Crippen molar-refractivity contribution in [2.45, 2.75) is 64.3 Å². The van der Waals surface area contributed by atoms with Gasteiger partial charge in [0.05, 0.1) is 0 Å². The normalized spacial score (nSPS) is 38.0. The standard InChI is InChI=1S/C14H24OSi/c1-7-14-9-11(14)8-12(10-14)15-16(5,6)13(2,3)4/h1,11-12H,8-10H2,2-6H3/t11-,12-,14+/m0/s1. The van der Waals surface area contributed by atoms with Gasteiger partial charge < -0.3 is 4.43 Å². The van der Waals surface area contributed by atoms with E-state index < -0.39 is 8.32 Å². The van der Waals surface area contributed by atoms with E-state index in [9.17, 15) is 0 Å². The lowest BCUT2D eigenvalue weighted by atomic mass is 10.1. The first-order valence-electron chi connectivity index (χ1n) is 6.36. The molecule has 0 heterocycles. The Morgan fingerprint density at radius 3 is 2.38 bits per heavy atom. The first kappa shape index (κ1) is 12.2. The molecule has 2 rings (SSSR count). The van der Waals surface area contributed by atoms with Gasteiger partial charge in [-0.1, -0.05) is 26.7 Å². The fourth-order valence-corrected chi connectivity index (χ4v) is 4.03. The number of terminal acetylenes is 1. The Bertz CT molecular complexity index is 334. The topological polar surface area (TPSA) is 9.23 Å². The van der Waals surface area contributed by atoms with E-state index in [1.165, 1.54) is 12.8 Å². The van der Waals surface area contributed by atoms with Crippen LogP contribution in [0.2, 0.25) is 18.1 Å². The monoisotopic (exact) mass is 236 g/mol. The number of rotatable bonds is 2. The Labute approximate surface area is 101 Å². The summed E-state index contributed by atoms with van der Waals surface area (Å²) >= 11 is 0. The fourth-order valence-electron chi connectivity index (χ4n) is 2.67. The minimum absolute atomic E-state index is 0.243. The number of hydrogen-bond donors (Lipinski definition) is 0.